The molecular formula is C11H14ClNO2. The highest BCUT2D eigenvalue weighted by atomic mass is 35.5. The lowest BCUT2D eigenvalue weighted by atomic mass is 10.0. The number of halogens is 1. The average Bonchev–Trinajstić information content (AvgIpc) is 2.27. The standard InChI is InChI=1S/C11H14ClNO2/c1-8(11(14)13(2)15-3)9-4-6-10(12)7-5-9/h4-8H,1-3H3. The minimum absolute atomic E-state index is 0.0835. The van der Waals surface area contributed by atoms with E-state index >= 15 is 0 Å². The van der Waals surface area contributed by atoms with Gasteiger partial charge in [-0.1, -0.05) is 23.7 Å². The van der Waals surface area contributed by atoms with Gasteiger partial charge in [-0.3, -0.25) is 9.63 Å². The van der Waals surface area contributed by atoms with Crippen molar-refractivity contribution in [1.29, 1.82) is 0 Å². The van der Waals surface area contributed by atoms with Crippen molar-refractivity contribution in [3.63, 3.8) is 0 Å². The molecule has 1 unspecified atom stereocenters. The molecule has 0 N–H and O–H groups in total. The van der Waals surface area contributed by atoms with Gasteiger partial charge in [0.2, 0.25) is 0 Å². The molecule has 0 aliphatic heterocycles. The molecule has 0 heterocycles. The van der Waals surface area contributed by atoms with E-state index < -0.39 is 0 Å². The summed E-state index contributed by atoms with van der Waals surface area (Å²) in [6, 6.07) is 7.23. The first kappa shape index (κ1) is 12.0. The number of nitrogens with zero attached hydrogens (tertiary/aromatic N) is 1. The van der Waals surface area contributed by atoms with Gasteiger partial charge in [0.1, 0.15) is 0 Å². The largest absolute Gasteiger partial charge is 0.275 e. The summed E-state index contributed by atoms with van der Waals surface area (Å²) < 4.78 is 0. The quantitative estimate of drug-likeness (QED) is 0.743. The normalized spacial score (nSPS) is 12.3. The van der Waals surface area contributed by atoms with Gasteiger partial charge >= 0.3 is 0 Å². The number of likely N-dealkylation sites (N-methyl/N-ethyl adjacent to an activating group) is 1. The Bertz CT molecular complexity index is 337. The number of benzene rings is 1. The lowest BCUT2D eigenvalue weighted by molar-refractivity contribution is -0.170. The molecule has 0 aliphatic rings. The fraction of sp³-hybridized carbons (Fsp3) is 0.364. The van der Waals surface area contributed by atoms with Crippen molar-refractivity contribution in [3.8, 4) is 0 Å². The molecule has 0 fully saturated rings. The molecule has 3 nitrogen and oxygen atoms in total. The van der Waals surface area contributed by atoms with Crippen LogP contribution < -0.4 is 0 Å². The number of carbonyl (C=O) groups is 1. The highest BCUT2D eigenvalue weighted by molar-refractivity contribution is 6.30. The number of hydrogen-bond donors (Lipinski definition) is 0. The van der Waals surface area contributed by atoms with E-state index in [-0.39, 0.29) is 11.8 Å². The minimum atomic E-state index is -0.229. The zero-order chi connectivity index (χ0) is 11.4. The van der Waals surface area contributed by atoms with Gasteiger partial charge in [-0.15, -0.1) is 0 Å². The summed E-state index contributed by atoms with van der Waals surface area (Å²) in [5.41, 5.74) is 0.924. The van der Waals surface area contributed by atoms with Crippen LogP contribution in [0.5, 0.6) is 0 Å². The molecule has 0 radical (unpaired) electrons. The molecule has 0 bridgehead atoms. The lowest BCUT2D eigenvalue weighted by Crippen LogP contribution is -2.29. The van der Waals surface area contributed by atoms with Crippen LogP contribution >= 0.6 is 11.6 Å². The number of hydroxylamine groups is 2. The van der Waals surface area contributed by atoms with Crippen molar-refractivity contribution in [1.82, 2.24) is 5.06 Å². The maximum Gasteiger partial charge on any atom is 0.253 e. The van der Waals surface area contributed by atoms with E-state index in [9.17, 15) is 4.79 Å². The van der Waals surface area contributed by atoms with E-state index in [2.05, 4.69) is 0 Å². The maximum atomic E-state index is 11.7. The second-order valence-corrected chi connectivity index (χ2v) is 3.73. The molecule has 0 spiro atoms. The Balaban J connectivity index is 2.80. The maximum absolute atomic E-state index is 11.7. The minimum Gasteiger partial charge on any atom is -0.275 e. The molecule has 82 valence electrons. The Kier molecular flexibility index (Phi) is 4.12. The Morgan fingerprint density at radius 2 is 1.93 bits per heavy atom. The predicted octanol–water partition coefficient (Wildman–Crippen LogP) is 2.46. The van der Waals surface area contributed by atoms with Crippen LogP contribution in [0, 0.1) is 0 Å². The number of amides is 1. The molecule has 1 rings (SSSR count). The Morgan fingerprint density at radius 1 is 1.40 bits per heavy atom. The molecule has 0 aliphatic carbocycles. The Hall–Kier alpha value is -1.06. The Morgan fingerprint density at radius 3 is 2.40 bits per heavy atom. The van der Waals surface area contributed by atoms with Gasteiger partial charge in [0, 0.05) is 12.1 Å². The Labute approximate surface area is 94.5 Å². The third kappa shape index (κ3) is 2.94. The van der Waals surface area contributed by atoms with Crippen LogP contribution in [-0.4, -0.2) is 25.1 Å². The van der Waals surface area contributed by atoms with E-state index in [1.807, 2.05) is 19.1 Å². The molecule has 0 saturated heterocycles. The molecule has 1 aromatic carbocycles. The summed E-state index contributed by atoms with van der Waals surface area (Å²) in [5.74, 6) is -0.313. The zero-order valence-electron chi connectivity index (χ0n) is 9.03. The van der Waals surface area contributed by atoms with Gasteiger partial charge in [0.15, 0.2) is 0 Å². The monoisotopic (exact) mass is 227 g/mol. The molecule has 0 saturated carbocycles. The van der Waals surface area contributed by atoms with Crippen molar-refractivity contribution in [2.24, 2.45) is 0 Å². The van der Waals surface area contributed by atoms with Gasteiger partial charge in [0.25, 0.3) is 5.91 Å². The smallest absolute Gasteiger partial charge is 0.253 e. The molecule has 1 amide bonds. The van der Waals surface area contributed by atoms with Gasteiger partial charge < -0.3 is 0 Å². The van der Waals surface area contributed by atoms with Crippen LogP contribution in [0.1, 0.15) is 18.4 Å². The van der Waals surface area contributed by atoms with Crippen LogP contribution in [0.4, 0.5) is 0 Å². The summed E-state index contributed by atoms with van der Waals surface area (Å²) in [4.78, 5) is 16.6. The van der Waals surface area contributed by atoms with E-state index in [1.165, 1.54) is 12.2 Å². The van der Waals surface area contributed by atoms with Crippen LogP contribution in [0.2, 0.25) is 5.02 Å². The first-order chi connectivity index (χ1) is 7.06. The van der Waals surface area contributed by atoms with Crippen molar-refractivity contribution in [2.75, 3.05) is 14.2 Å². The third-order valence-electron chi connectivity index (χ3n) is 2.32. The van der Waals surface area contributed by atoms with Gasteiger partial charge in [-0.05, 0) is 24.6 Å². The van der Waals surface area contributed by atoms with E-state index in [4.69, 9.17) is 16.4 Å². The molecule has 1 atom stereocenters. The first-order valence-corrected chi connectivity index (χ1v) is 5.01. The predicted molar refractivity (Wildman–Crippen MR) is 59.6 cm³/mol. The average molecular weight is 228 g/mol. The first-order valence-electron chi connectivity index (χ1n) is 4.63. The summed E-state index contributed by atoms with van der Waals surface area (Å²) in [7, 11) is 3.06. The van der Waals surface area contributed by atoms with E-state index in [1.54, 1.807) is 19.2 Å². The van der Waals surface area contributed by atoms with Gasteiger partial charge in [-0.25, -0.2) is 5.06 Å². The molecule has 1 aromatic rings. The fourth-order valence-corrected chi connectivity index (χ4v) is 1.38. The van der Waals surface area contributed by atoms with Crippen molar-refractivity contribution in [2.45, 2.75) is 12.8 Å². The molecule has 0 aromatic heterocycles. The number of carbonyl (C=O) groups excluding carboxylic acids is 1. The summed E-state index contributed by atoms with van der Waals surface area (Å²) in [6.07, 6.45) is 0. The van der Waals surface area contributed by atoms with E-state index in [0.717, 1.165) is 5.56 Å². The summed E-state index contributed by atoms with van der Waals surface area (Å²) in [6.45, 7) is 1.83. The van der Waals surface area contributed by atoms with Crippen LogP contribution in [-0.2, 0) is 9.63 Å². The van der Waals surface area contributed by atoms with Crippen LogP contribution in [0.25, 0.3) is 0 Å². The third-order valence-corrected chi connectivity index (χ3v) is 2.58. The second kappa shape index (κ2) is 5.14. The second-order valence-electron chi connectivity index (χ2n) is 3.29. The van der Waals surface area contributed by atoms with E-state index in [0.29, 0.717) is 5.02 Å². The summed E-state index contributed by atoms with van der Waals surface area (Å²) in [5, 5.41) is 1.89. The highest BCUT2D eigenvalue weighted by Crippen LogP contribution is 2.19. The van der Waals surface area contributed by atoms with Crippen LogP contribution in [0.15, 0.2) is 24.3 Å². The summed E-state index contributed by atoms with van der Waals surface area (Å²) >= 11 is 5.77. The topological polar surface area (TPSA) is 29.5 Å². The number of hydrogen-bond acceptors (Lipinski definition) is 2. The molecular weight excluding hydrogens is 214 g/mol. The van der Waals surface area contributed by atoms with Crippen molar-refractivity contribution in [3.05, 3.63) is 34.9 Å². The van der Waals surface area contributed by atoms with Crippen molar-refractivity contribution < 1.29 is 9.63 Å². The molecule has 15 heavy (non-hydrogen) atoms. The molecule has 4 heteroatoms. The lowest BCUT2D eigenvalue weighted by Gasteiger charge is -2.18. The SMILES string of the molecule is CON(C)C(=O)C(C)c1ccc(Cl)cc1. The van der Waals surface area contributed by atoms with Crippen molar-refractivity contribution >= 4 is 17.5 Å². The zero-order valence-corrected chi connectivity index (χ0v) is 9.78. The van der Waals surface area contributed by atoms with Gasteiger partial charge in [0.05, 0.1) is 13.0 Å². The number of rotatable bonds is 3. The van der Waals surface area contributed by atoms with Gasteiger partial charge in [-0.2, -0.15) is 0 Å². The highest BCUT2D eigenvalue weighted by Gasteiger charge is 2.18. The van der Waals surface area contributed by atoms with Crippen LogP contribution in [0.3, 0.4) is 0 Å². The fourth-order valence-electron chi connectivity index (χ4n) is 1.26.